The standard InChI is InChI=1S/C17H18OS/c1-17(2)15-11-7-6-10-14(15)16(18-17)12-19-13-8-4-3-5-9-13/h3-11,16H,12H2,1-2H3/t16-/m1/s1. The van der Waals surface area contributed by atoms with Crippen molar-refractivity contribution in [3.8, 4) is 0 Å². The van der Waals surface area contributed by atoms with Gasteiger partial charge in [-0.1, -0.05) is 42.5 Å². The van der Waals surface area contributed by atoms with Crippen molar-refractivity contribution in [2.24, 2.45) is 0 Å². The van der Waals surface area contributed by atoms with Gasteiger partial charge in [0.25, 0.3) is 0 Å². The van der Waals surface area contributed by atoms with Crippen molar-refractivity contribution in [1.29, 1.82) is 0 Å². The summed E-state index contributed by atoms with van der Waals surface area (Å²) in [4.78, 5) is 1.30. The number of fused-ring (bicyclic) bond motifs is 1. The van der Waals surface area contributed by atoms with Gasteiger partial charge < -0.3 is 4.74 Å². The first-order valence-electron chi connectivity index (χ1n) is 6.62. The van der Waals surface area contributed by atoms with E-state index in [1.54, 1.807) is 0 Å². The van der Waals surface area contributed by atoms with E-state index in [9.17, 15) is 0 Å². The lowest BCUT2D eigenvalue weighted by molar-refractivity contribution is -0.0413. The molecule has 3 rings (SSSR count). The maximum absolute atomic E-state index is 6.22. The summed E-state index contributed by atoms with van der Waals surface area (Å²) in [6.45, 7) is 4.30. The number of hydrogen-bond acceptors (Lipinski definition) is 2. The smallest absolute Gasteiger partial charge is 0.0934 e. The molecule has 2 heteroatoms. The van der Waals surface area contributed by atoms with Gasteiger partial charge in [-0.3, -0.25) is 0 Å². The van der Waals surface area contributed by atoms with Gasteiger partial charge in [-0.2, -0.15) is 0 Å². The first-order valence-corrected chi connectivity index (χ1v) is 7.60. The molecule has 0 aromatic heterocycles. The zero-order valence-corrected chi connectivity index (χ0v) is 12.1. The molecule has 0 aliphatic carbocycles. The third-order valence-corrected chi connectivity index (χ3v) is 4.61. The Bertz CT molecular complexity index is 562. The highest BCUT2D eigenvalue weighted by Crippen LogP contribution is 2.44. The van der Waals surface area contributed by atoms with Crippen LogP contribution >= 0.6 is 11.8 Å². The summed E-state index contributed by atoms with van der Waals surface area (Å²) >= 11 is 1.86. The molecule has 0 spiro atoms. The largest absolute Gasteiger partial charge is 0.362 e. The fourth-order valence-electron chi connectivity index (χ4n) is 2.62. The normalized spacial score (nSPS) is 20.2. The molecule has 2 aromatic carbocycles. The SMILES string of the molecule is CC1(C)O[C@H](CSc2ccccc2)c2ccccc21. The molecule has 98 valence electrons. The van der Waals surface area contributed by atoms with Gasteiger partial charge in [-0.15, -0.1) is 11.8 Å². The Hall–Kier alpha value is -1.25. The van der Waals surface area contributed by atoms with Crippen LogP contribution in [0.3, 0.4) is 0 Å². The lowest BCUT2D eigenvalue weighted by Gasteiger charge is -2.20. The molecular formula is C17H18OS. The Kier molecular flexibility index (Phi) is 3.38. The van der Waals surface area contributed by atoms with E-state index in [4.69, 9.17) is 4.74 Å². The maximum atomic E-state index is 6.22. The third kappa shape index (κ3) is 2.56. The third-order valence-electron chi connectivity index (χ3n) is 3.54. The van der Waals surface area contributed by atoms with Gasteiger partial charge in [0.1, 0.15) is 0 Å². The minimum absolute atomic E-state index is 0.168. The second kappa shape index (κ2) is 5.03. The highest BCUT2D eigenvalue weighted by Gasteiger charge is 2.37. The topological polar surface area (TPSA) is 9.23 Å². The van der Waals surface area contributed by atoms with E-state index >= 15 is 0 Å². The first kappa shape index (κ1) is 12.8. The summed E-state index contributed by atoms with van der Waals surface area (Å²) in [5, 5.41) is 0. The predicted octanol–water partition coefficient (Wildman–Crippen LogP) is 4.79. The number of thioether (sulfide) groups is 1. The average Bonchev–Trinajstić information content (AvgIpc) is 2.70. The fourth-order valence-corrected chi connectivity index (χ4v) is 3.56. The summed E-state index contributed by atoms with van der Waals surface area (Å²) in [6, 6.07) is 19.1. The van der Waals surface area contributed by atoms with Crippen LogP contribution in [-0.4, -0.2) is 5.75 Å². The van der Waals surface area contributed by atoms with E-state index in [0.29, 0.717) is 0 Å². The molecule has 1 heterocycles. The molecule has 1 atom stereocenters. The van der Waals surface area contributed by atoms with Gasteiger partial charge >= 0.3 is 0 Å². The monoisotopic (exact) mass is 270 g/mol. The Morgan fingerprint density at radius 2 is 1.68 bits per heavy atom. The van der Waals surface area contributed by atoms with Crippen molar-refractivity contribution in [1.82, 2.24) is 0 Å². The quantitative estimate of drug-likeness (QED) is 0.742. The van der Waals surface area contributed by atoms with Crippen LogP contribution in [0.15, 0.2) is 59.5 Å². The van der Waals surface area contributed by atoms with Crippen molar-refractivity contribution in [2.75, 3.05) is 5.75 Å². The first-order chi connectivity index (χ1) is 9.17. The average molecular weight is 270 g/mol. The number of ether oxygens (including phenoxy) is 1. The van der Waals surface area contributed by atoms with Crippen LogP contribution in [0.1, 0.15) is 31.1 Å². The van der Waals surface area contributed by atoms with Gasteiger partial charge in [0.2, 0.25) is 0 Å². The molecule has 0 N–H and O–H groups in total. The van der Waals surface area contributed by atoms with Gasteiger partial charge in [-0.05, 0) is 37.1 Å². The summed E-state index contributed by atoms with van der Waals surface area (Å²) in [5.41, 5.74) is 2.50. The minimum atomic E-state index is -0.168. The number of hydrogen-bond donors (Lipinski definition) is 0. The van der Waals surface area contributed by atoms with Crippen LogP contribution in [0.5, 0.6) is 0 Å². The highest BCUT2D eigenvalue weighted by molar-refractivity contribution is 7.99. The Morgan fingerprint density at radius 3 is 2.47 bits per heavy atom. The van der Waals surface area contributed by atoms with Gasteiger partial charge in [0.05, 0.1) is 11.7 Å². The Balaban J connectivity index is 1.77. The van der Waals surface area contributed by atoms with Gasteiger partial charge in [0, 0.05) is 10.6 Å². The van der Waals surface area contributed by atoms with Crippen LogP contribution in [0.2, 0.25) is 0 Å². The van der Waals surface area contributed by atoms with E-state index in [0.717, 1.165) is 5.75 Å². The zero-order chi connectivity index (χ0) is 13.3. The van der Waals surface area contributed by atoms with Crippen LogP contribution in [0, 0.1) is 0 Å². The molecule has 1 aliphatic heterocycles. The molecule has 0 saturated carbocycles. The molecule has 0 unspecified atom stereocenters. The summed E-state index contributed by atoms with van der Waals surface area (Å²) < 4.78 is 6.22. The molecule has 0 bridgehead atoms. The minimum Gasteiger partial charge on any atom is -0.362 e. The maximum Gasteiger partial charge on any atom is 0.0934 e. The second-order valence-corrected chi connectivity index (χ2v) is 6.42. The Morgan fingerprint density at radius 1 is 1.00 bits per heavy atom. The van der Waals surface area contributed by atoms with Gasteiger partial charge in [0.15, 0.2) is 0 Å². The van der Waals surface area contributed by atoms with Crippen LogP contribution < -0.4 is 0 Å². The van der Waals surface area contributed by atoms with Gasteiger partial charge in [-0.25, -0.2) is 0 Å². The molecular weight excluding hydrogens is 252 g/mol. The summed E-state index contributed by atoms with van der Waals surface area (Å²) in [5.74, 6) is 0.963. The second-order valence-electron chi connectivity index (χ2n) is 5.33. The summed E-state index contributed by atoms with van der Waals surface area (Å²) in [6.07, 6.45) is 0.191. The van der Waals surface area contributed by atoms with E-state index in [2.05, 4.69) is 68.4 Å². The summed E-state index contributed by atoms with van der Waals surface area (Å²) in [7, 11) is 0. The fraction of sp³-hybridized carbons (Fsp3) is 0.294. The van der Waals surface area contributed by atoms with E-state index in [1.165, 1.54) is 16.0 Å². The molecule has 19 heavy (non-hydrogen) atoms. The molecule has 0 radical (unpaired) electrons. The number of rotatable bonds is 3. The highest BCUT2D eigenvalue weighted by atomic mass is 32.2. The molecule has 0 amide bonds. The van der Waals surface area contributed by atoms with E-state index in [-0.39, 0.29) is 11.7 Å². The number of benzene rings is 2. The molecule has 1 nitrogen and oxygen atoms in total. The van der Waals surface area contributed by atoms with E-state index in [1.807, 2.05) is 11.8 Å². The van der Waals surface area contributed by atoms with Crippen molar-refractivity contribution in [3.63, 3.8) is 0 Å². The Labute approximate surface area is 119 Å². The van der Waals surface area contributed by atoms with Crippen molar-refractivity contribution in [3.05, 3.63) is 65.7 Å². The van der Waals surface area contributed by atoms with Crippen molar-refractivity contribution in [2.45, 2.75) is 30.4 Å². The lowest BCUT2D eigenvalue weighted by atomic mass is 9.95. The molecule has 1 aliphatic rings. The predicted molar refractivity (Wildman–Crippen MR) is 80.5 cm³/mol. The zero-order valence-electron chi connectivity index (χ0n) is 11.3. The molecule has 2 aromatic rings. The van der Waals surface area contributed by atoms with E-state index < -0.39 is 0 Å². The van der Waals surface area contributed by atoms with Crippen molar-refractivity contribution < 1.29 is 4.74 Å². The van der Waals surface area contributed by atoms with Crippen LogP contribution in [0.25, 0.3) is 0 Å². The lowest BCUT2D eigenvalue weighted by Crippen LogP contribution is -2.16. The van der Waals surface area contributed by atoms with Crippen LogP contribution in [0.4, 0.5) is 0 Å². The van der Waals surface area contributed by atoms with Crippen molar-refractivity contribution >= 4 is 11.8 Å². The molecule has 0 fully saturated rings. The molecule has 0 saturated heterocycles. The van der Waals surface area contributed by atoms with Crippen LogP contribution in [-0.2, 0) is 10.3 Å².